The Kier molecular flexibility index (Phi) is 7.22. The topological polar surface area (TPSA) is 57.6 Å². The van der Waals surface area contributed by atoms with E-state index in [1.165, 1.54) is 4.31 Å². The first-order valence-corrected chi connectivity index (χ1v) is 9.98. The summed E-state index contributed by atoms with van der Waals surface area (Å²) in [6, 6.07) is 16.8. The van der Waals surface area contributed by atoms with Gasteiger partial charge >= 0.3 is 0 Å². The largest absolute Gasteiger partial charge is 0.396 e. The van der Waals surface area contributed by atoms with Crippen molar-refractivity contribution >= 4 is 10.0 Å². The highest BCUT2D eigenvalue weighted by Crippen LogP contribution is 2.23. The lowest BCUT2D eigenvalue weighted by Crippen LogP contribution is -2.27. The first-order chi connectivity index (χ1) is 12.1. The first kappa shape index (κ1) is 19.2. The molecule has 0 aliphatic carbocycles. The van der Waals surface area contributed by atoms with Gasteiger partial charge in [-0.2, -0.15) is 0 Å². The number of rotatable bonds is 9. The minimum atomic E-state index is -3.59. The molecule has 0 saturated carbocycles. The third-order valence-corrected chi connectivity index (χ3v) is 5.65. The van der Waals surface area contributed by atoms with Crippen molar-refractivity contribution in [3.8, 4) is 11.1 Å². The highest BCUT2D eigenvalue weighted by Gasteiger charge is 2.21. The van der Waals surface area contributed by atoms with Crippen LogP contribution in [0.1, 0.15) is 26.2 Å². The van der Waals surface area contributed by atoms with Crippen molar-refractivity contribution in [1.82, 2.24) is 4.31 Å². The number of benzene rings is 2. The molecule has 25 heavy (non-hydrogen) atoms. The number of aliphatic hydroxyl groups excluding tert-OH is 1. The zero-order valence-corrected chi connectivity index (χ0v) is 15.3. The summed E-state index contributed by atoms with van der Waals surface area (Å²) < 4.78 is 27.1. The molecule has 0 spiro atoms. The van der Waals surface area contributed by atoms with Crippen molar-refractivity contribution in [2.24, 2.45) is 0 Å². The molecule has 2 aromatic rings. The van der Waals surface area contributed by atoms with Gasteiger partial charge in [0.2, 0.25) is 0 Å². The lowest BCUT2D eigenvalue weighted by molar-refractivity contribution is 0.280. The number of sulfonamides is 1. The Balaban J connectivity index is 2.24. The lowest BCUT2D eigenvalue weighted by Gasteiger charge is -2.20. The van der Waals surface area contributed by atoms with Crippen LogP contribution in [0.2, 0.25) is 0 Å². The van der Waals surface area contributed by atoms with Crippen LogP contribution in [0, 0.1) is 0 Å². The molecule has 2 aromatic carbocycles. The highest BCUT2D eigenvalue weighted by atomic mass is 32.2. The lowest BCUT2D eigenvalue weighted by atomic mass is 10.1. The summed E-state index contributed by atoms with van der Waals surface area (Å²) in [7, 11) is -3.59. The number of aliphatic hydroxyl groups is 1. The predicted molar refractivity (Wildman–Crippen MR) is 102 cm³/mol. The van der Waals surface area contributed by atoms with Gasteiger partial charge in [0.05, 0.1) is 4.90 Å². The molecule has 0 fully saturated rings. The number of unbranched alkanes of at least 4 members (excludes halogenated alkanes) is 1. The van der Waals surface area contributed by atoms with Gasteiger partial charge in [0.15, 0.2) is 0 Å². The average molecular weight is 359 g/mol. The maximum absolute atomic E-state index is 12.9. The molecule has 2 rings (SSSR count). The number of hydrogen-bond donors (Lipinski definition) is 1. The minimum Gasteiger partial charge on any atom is -0.396 e. The smallest absolute Gasteiger partial charge is 0.263 e. The molecule has 0 atom stereocenters. The van der Waals surface area contributed by atoms with E-state index in [4.69, 9.17) is 5.11 Å². The van der Waals surface area contributed by atoms with Gasteiger partial charge in [-0.1, -0.05) is 55.5 Å². The van der Waals surface area contributed by atoms with Crippen LogP contribution in [-0.4, -0.2) is 31.0 Å². The molecule has 0 heterocycles. The second-order valence-electron chi connectivity index (χ2n) is 5.73. The van der Waals surface area contributed by atoms with E-state index in [1.807, 2.05) is 55.5 Å². The molecule has 134 valence electrons. The number of nitrogens with zero attached hydrogens (tertiary/aromatic N) is 1. The maximum Gasteiger partial charge on any atom is 0.263 e. The van der Waals surface area contributed by atoms with Crippen molar-refractivity contribution in [3.05, 3.63) is 66.9 Å². The van der Waals surface area contributed by atoms with E-state index in [1.54, 1.807) is 18.3 Å². The number of allylic oxidation sites excluding steroid dienone is 1. The van der Waals surface area contributed by atoms with E-state index in [-0.39, 0.29) is 11.5 Å². The van der Waals surface area contributed by atoms with Crippen LogP contribution in [0.4, 0.5) is 0 Å². The molecule has 0 aliphatic rings. The summed E-state index contributed by atoms with van der Waals surface area (Å²) >= 11 is 0. The van der Waals surface area contributed by atoms with E-state index in [2.05, 4.69) is 0 Å². The van der Waals surface area contributed by atoms with Gasteiger partial charge in [0.1, 0.15) is 0 Å². The summed E-state index contributed by atoms with van der Waals surface area (Å²) in [6.07, 6.45) is 5.41. The van der Waals surface area contributed by atoms with Crippen LogP contribution in [0.15, 0.2) is 71.8 Å². The van der Waals surface area contributed by atoms with Crippen molar-refractivity contribution < 1.29 is 13.5 Å². The first-order valence-electron chi connectivity index (χ1n) is 8.54. The predicted octanol–water partition coefficient (Wildman–Crippen LogP) is 4.04. The van der Waals surface area contributed by atoms with Gasteiger partial charge in [-0.25, -0.2) is 8.42 Å². The van der Waals surface area contributed by atoms with Gasteiger partial charge in [0.25, 0.3) is 10.0 Å². The molecular weight excluding hydrogens is 334 g/mol. The molecule has 0 saturated heterocycles. The maximum atomic E-state index is 12.9. The fraction of sp³-hybridized carbons (Fsp3) is 0.300. The Morgan fingerprint density at radius 3 is 2.20 bits per heavy atom. The van der Waals surface area contributed by atoms with E-state index < -0.39 is 10.0 Å². The van der Waals surface area contributed by atoms with Crippen molar-refractivity contribution in [2.45, 2.75) is 31.1 Å². The van der Waals surface area contributed by atoms with Crippen molar-refractivity contribution in [1.29, 1.82) is 0 Å². The van der Waals surface area contributed by atoms with Crippen LogP contribution in [0.5, 0.6) is 0 Å². The monoisotopic (exact) mass is 359 g/mol. The Hall–Kier alpha value is -2.11. The normalized spacial score (nSPS) is 11.8. The van der Waals surface area contributed by atoms with E-state index in [0.717, 1.165) is 17.5 Å². The quantitative estimate of drug-likeness (QED) is 0.688. The van der Waals surface area contributed by atoms with Crippen LogP contribution in [0.25, 0.3) is 11.1 Å². The van der Waals surface area contributed by atoms with Crippen molar-refractivity contribution in [2.75, 3.05) is 13.2 Å². The third-order valence-electron chi connectivity index (χ3n) is 3.86. The fourth-order valence-corrected chi connectivity index (χ4v) is 3.83. The molecular formula is C20H25NO3S. The second kappa shape index (κ2) is 9.39. The molecule has 0 bridgehead atoms. The third kappa shape index (κ3) is 5.18. The Labute approximate surface area is 150 Å². The van der Waals surface area contributed by atoms with Crippen LogP contribution in [-0.2, 0) is 10.0 Å². The molecule has 4 nitrogen and oxygen atoms in total. The zero-order valence-electron chi connectivity index (χ0n) is 14.5. The fourth-order valence-electron chi connectivity index (χ4n) is 2.46. The van der Waals surface area contributed by atoms with Gasteiger partial charge < -0.3 is 5.11 Å². The molecule has 0 radical (unpaired) electrons. The van der Waals surface area contributed by atoms with Crippen LogP contribution >= 0.6 is 0 Å². The SMILES string of the molecule is CC/C=C/N(CCCCO)S(=O)(=O)c1ccc(-c2ccccc2)cc1. The van der Waals surface area contributed by atoms with Crippen LogP contribution in [0.3, 0.4) is 0 Å². The minimum absolute atomic E-state index is 0.0666. The van der Waals surface area contributed by atoms with Gasteiger partial charge in [-0.3, -0.25) is 4.31 Å². The second-order valence-corrected chi connectivity index (χ2v) is 7.62. The van der Waals surface area contributed by atoms with Crippen LogP contribution < -0.4 is 0 Å². The van der Waals surface area contributed by atoms with E-state index in [0.29, 0.717) is 19.4 Å². The van der Waals surface area contributed by atoms with Gasteiger partial charge in [-0.05, 0) is 42.5 Å². The molecule has 5 heteroatoms. The Bertz CT molecular complexity index is 768. The Morgan fingerprint density at radius 1 is 0.960 bits per heavy atom. The molecule has 0 unspecified atom stereocenters. The highest BCUT2D eigenvalue weighted by molar-refractivity contribution is 7.89. The summed E-state index contributed by atoms with van der Waals surface area (Å²) in [6.45, 7) is 2.39. The molecule has 0 amide bonds. The van der Waals surface area contributed by atoms with Gasteiger partial charge in [-0.15, -0.1) is 0 Å². The van der Waals surface area contributed by atoms with Crippen molar-refractivity contribution in [3.63, 3.8) is 0 Å². The van der Waals surface area contributed by atoms with E-state index >= 15 is 0 Å². The summed E-state index contributed by atoms with van der Waals surface area (Å²) in [5.41, 5.74) is 2.03. The zero-order chi connectivity index (χ0) is 18.1. The standard InChI is InChI=1S/C20H25NO3S/c1-2-3-15-21(16-7-8-17-22)25(23,24)20-13-11-19(12-14-20)18-9-5-4-6-10-18/h3-6,9-15,22H,2,7-8,16-17H2,1H3/b15-3+. The summed E-state index contributed by atoms with van der Waals surface area (Å²) in [5.74, 6) is 0. The van der Waals surface area contributed by atoms with E-state index in [9.17, 15) is 8.42 Å². The summed E-state index contributed by atoms with van der Waals surface area (Å²) in [5, 5.41) is 8.93. The average Bonchev–Trinajstić information content (AvgIpc) is 2.65. The molecule has 1 N–H and O–H groups in total. The Morgan fingerprint density at radius 2 is 1.60 bits per heavy atom. The summed E-state index contributed by atoms with van der Waals surface area (Å²) in [4.78, 5) is 0.275. The molecule has 0 aliphatic heterocycles. The number of hydrogen-bond acceptors (Lipinski definition) is 3. The molecule has 0 aromatic heterocycles. The van der Waals surface area contributed by atoms with Gasteiger partial charge in [0, 0.05) is 19.4 Å².